The molecule has 0 radical (unpaired) electrons. The number of hydrogen-bond acceptors (Lipinski definition) is 3. The predicted octanol–water partition coefficient (Wildman–Crippen LogP) is 2.90. The van der Waals surface area contributed by atoms with Crippen LogP contribution in [-0.2, 0) is 9.59 Å². The number of hydrogen-bond donors (Lipinski definition) is 1. The Bertz CT molecular complexity index is 584. The van der Waals surface area contributed by atoms with Gasteiger partial charge >= 0.3 is 5.97 Å². The number of carboxylic acid groups (broad SMARTS) is 1. The highest BCUT2D eigenvalue weighted by Crippen LogP contribution is 2.26. The number of benzene rings is 1. The Morgan fingerprint density at radius 2 is 2.00 bits per heavy atom. The van der Waals surface area contributed by atoms with Crippen LogP contribution in [0.1, 0.15) is 45.6 Å². The largest absolute Gasteiger partial charge is 0.481 e. The molecule has 3 unspecified atom stereocenters. The molecule has 1 saturated heterocycles. The van der Waals surface area contributed by atoms with Crippen LogP contribution >= 0.6 is 0 Å². The van der Waals surface area contributed by atoms with Gasteiger partial charge in [0.05, 0.1) is 5.92 Å². The molecule has 0 aliphatic carbocycles. The van der Waals surface area contributed by atoms with E-state index >= 15 is 0 Å². The lowest BCUT2D eigenvalue weighted by Crippen LogP contribution is -2.44. The molecule has 5 heteroatoms. The molecule has 1 N–H and O–H groups in total. The molecule has 0 saturated carbocycles. The summed E-state index contributed by atoms with van der Waals surface area (Å²) < 4.78 is 5.78. The zero-order valence-electron chi connectivity index (χ0n) is 14.2. The van der Waals surface area contributed by atoms with E-state index in [-0.39, 0.29) is 11.9 Å². The zero-order chi connectivity index (χ0) is 17.1. The third kappa shape index (κ3) is 3.84. The van der Waals surface area contributed by atoms with Crippen molar-refractivity contribution in [3.8, 4) is 5.75 Å². The van der Waals surface area contributed by atoms with Crippen LogP contribution in [0.25, 0.3) is 0 Å². The van der Waals surface area contributed by atoms with Gasteiger partial charge < -0.3 is 14.7 Å². The summed E-state index contributed by atoms with van der Waals surface area (Å²) in [5.74, 6) is -0.434. The smallest absolute Gasteiger partial charge is 0.308 e. The lowest BCUT2D eigenvalue weighted by atomic mass is 10.0. The molecular weight excluding hydrogens is 294 g/mol. The molecule has 1 aromatic carbocycles. The molecule has 2 rings (SSSR count). The highest BCUT2D eigenvalue weighted by atomic mass is 16.5. The molecule has 1 aliphatic rings. The van der Waals surface area contributed by atoms with Crippen LogP contribution in [0.5, 0.6) is 5.75 Å². The van der Waals surface area contributed by atoms with Crippen LogP contribution < -0.4 is 4.74 Å². The maximum atomic E-state index is 12.6. The summed E-state index contributed by atoms with van der Waals surface area (Å²) in [6.45, 7) is 8.18. The highest BCUT2D eigenvalue weighted by Gasteiger charge is 2.39. The van der Waals surface area contributed by atoms with E-state index in [9.17, 15) is 14.7 Å². The Morgan fingerprint density at radius 3 is 2.57 bits per heavy atom. The molecule has 0 aromatic heterocycles. The van der Waals surface area contributed by atoms with Gasteiger partial charge in [0.2, 0.25) is 0 Å². The molecule has 1 aromatic rings. The Kier molecular flexibility index (Phi) is 5.29. The second kappa shape index (κ2) is 7.02. The summed E-state index contributed by atoms with van der Waals surface area (Å²) in [5.41, 5.74) is 1.16. The lowest BCUT2D eigenvalue weighted by Gasteiger charge is -2.26. The molecule has 0 spiro atoms. The first-order chi connectivity index (χ1) is 10.8. The van der Waals surface area contributed by atoms with Crippen molar-refractivity contribution in [2.45, 2.75) is 52.2 Å². The van der Waals surface area contributed by atoms with Crippen LogP contribution in [0.3, 0.4) is 0 Å². The fraction of sp³-hybridized carbons (Fsp3) is 0.556. The molecule has 1 heterocycles. The van der Waals surface area contributed by atoms with E-state index in [2.05, 4.69) is 13.8 Å². The second-order valence-electron chi connectivity index (χ2n) is 6.49. The van der Waals surface area contributed by atoms with Gasteiger partial charge in [0.15, 0.2) is 6.10 Å². The van der Waals surface area contributed by atoms with E-state index in [4.69, 9.17) is 4.74 Å². The van der Waals surface area contributed by atoms with E-state index < -0.39 is 18.0 Å². The van der Waals surface area contributed by atoms with Gasteiger partial charge in [0.1, 0.15) is 5.75 Å². The molecular formula is C18H25NO4. The summed E-state index contributed by atoms with van der Waals surface area (Å²) >= 11 is 0. The lowest BCUT2D eigenvalue weighted by molar-refractivity contribution is -0.144. The molecule has 5 nitrogen and oxygen atoms in total. The first kappa shape index (κ1) is 17.3. The average Bonchev–Trinajstić information content (AvgIpc) is 2.88. The highest BCUT2D eigenvalue weighted by molar-refractivity contribution is 5.83. The van der Waals surface area contributed by atoms with Gasteiger partial charge in [-0.3, -0.25) is 9.59 Å². The monoisotopic (exact) mass is 319 g/mol. The fourth-order valence-corrected chi connectivity index (χ4v) is 3.02. The molecule has 1 amide bonds. The van der Waals surface area contributed by atoms with Crippen molar-refractivity contribution >= 4 is 11.9 Å². The molecule has 3 atom stereocenters. The maximum absolute atomic E-state index is 12.6. The van der Waals surface area contributed by atoms with Gasteiger partial charge in [0, 0.05) is 12.6 Å². The SMILES string of the molecule is CC(Oc1cccc(C(C)C)c1)C(=O)N1CCC(C(=O)O)C1C. The number of carbonyl (C=O) groups excluding carboxylic acids is 1. The number of ether oxygens (including phenoxy) is 1. The van der Waals surface area contributed by atoms with E-state index in [1.165, 1.54) is 0 Å². The van der Waals surface area contributed by atoms with Gasteiger partial charge in [-0.05, 0) is 43.9 Å². The minimum Gasteiger partial charge on any atom is -0.481 e. The number of amides is 1. The quantitative estimate of drug-likeness (QED) is 0.906. The predicted molar refractivity (Wildman–Crippen MR) is 87.5 cm³/mol. The second-order valence-corrected chi connectivity index (χ2v) is 6.49. The minimum absolute atomic E-state index is 0.156. The summed E-state index contributed by atoms with van der Waals surface area (Å²) in [5, 5.41) is 9.17. The standard InChI is InChI=1S/C18H25NO4/c1-11(2)14-6-5-7-15(10-14)23-13(4)17(20)19-9-8-16(12(19)3)18(21)22/h5-7,10-13,16H,8-9H2,1-4H3,(H,21,22). The maximum Gasteiger partial charge on any atom is 0.308 e. The minimum atomic E-state index is -0.842. The number of aliphatic carboxylic acids is 1. The Balaban J connectivity index is 2.03. The average molecular weight is 319 g/mol. The van der Waals surface area contributed by atoms with Crippen molar-refractivity contribution in [3.05, 3.63) is 29.8 Å². The number of carboxylic acids is 1. The van der Waals surface area contributed by atoms with Gasteiger partial charge in [-0.15, -0.1) is 0 Å². The van der Waals surface area contributed by atoms with Crippen LogP contribution in [-0.4, -0.2) is 40.6 Å². The van der Waals surface area contributed by atoms with Gasteiger partial charge in [0.25, 0.3) is 5.91 Å². The Hall–Kier alpha value is -2.04. The van der Waals surface area contributed by atoms with E-state index in [0.717, 1.165) is 5.56 Å². The molecule has 1 fully saturated rings. The number of likely N-dealkylation sites (tertiary alicyclic amines) is 1. The number of rotatable bonds is 5. The van der Waals surface area contributed by atoms with Crippen molar-refractivity contribution < 1.29 is 19.4 Å². The summed E-state index contributed by atoms with van der Waals surface area (Å²) in [7, 11) is 0. The molecule has 126 valence electrons. The first-order valence-electron chi connectivity index (χ1n) is 8.11. The Labute approximate surface area is 137 Å². The normalized spacial score (nSPS) is 22.2. The third-order valence-corrected chi connectivity index (χ3v) is 4.54. The number of carbonyl (C=O) groups is 2. The van der Waals surface area contributed by atoms with Crippen molar-refractivity contribution in [1.29, 1.82) is 0 Å². The van der Waals surface area contributed by atoms with Crippen molar-refractivity contribution in [1.82, 2.24) is 4.90 Å². The van der Waals surface area contributed by atoms with Crippen molar-refractivity contribution in [3.63, 3.8) is 0 Å². The van der Waals surface area contributed by atoms with E-state index in [1.54, 1.807) is 18.7 Å². The summed E-state index contributed by atoms with van der Waals surface area (Å²) in [6, 6.07) is 7.43. The van der Waals surface area contributed by atoms with Gasteiger partial charge in [-0.25, -0.2) is 0 Å². The van der Waals surface area contributed by atoms with Gasteiger partial charge in [-0.2, -0.15) is 0 Å². The van der Waals surface area contributed by atoms with Gasteiger partial charge in [-0.1, -0.05) is 26.0 Å². The third-order valence-electron chi connectivity index (χ3n) is 4.54. The van der Waals surface area contributed by atoms with Crippen LogP contribution in [0.2, 0.25) is 0 Å². The van der Waals surface area contributed by atoms with Crippen LogP contribution in [0, 0.1) is 5.92 Å². The summed E-state index contributed by atoms with van der Waals surface area (Å²) in [6.07, 6.45) is -0.134. The fourth-order valence-electron chi connectivity index (χ4n) is 3.02. The van der Waals surface area contributed by atoms with E-state index in [1.807, 2.05) is 24.3 Å². The first-order valence-corrected chi connectivity index (χ1v) is 8.11. The zero-order valence-corrected chi connectivity index (χ0v) is 14.2. The molecule has 1 aliphatic heterocycles. The topological polar surface area (TPSA) is 66.8 Å². The van der Waals surface area contributed by atoms with E-state index in [0.29, 0.717) is 24.6 Å². The summed E-state index contributed by atoms with van der Waals surface area (Å²) in [4.78, 5) is 25.3. The Morgan fingerprint density at radius 1 is 1.30 bits per heavy atom. The van der Waals surface area contributed by atoms with Crippen molar-refractivity contribution in [2.24, 2.45) is 5.92 Å². The number of nitrogens with zero attached hydrogens (tertiary/aromatic N) is 1. The van der Waals surface area contributed by atoms with Crippen LogP contribution in [0.15, 0.2) is 24.3 Å². The van der Waals surface area contributed by atoms with Crippen molar-refractivity contribution in [2.75, 3.05) is 6.54 Å². The molecule has 0 bridgehead atoms. The van der Waals surface area contributed by atoms with Crippen LogP contribution in [0.4, 0.5) is 0 Å². The molecule has 23 heavy (non-hydrogen) atoms.